The predicted octanol–water partition coefficient (Wildman–Crippen LogP) is 3.91. The van der Waals surface area contributed by atoms with Crippen LogP contribution in [0.1, 0.15) is 20.8 Å². The number of esters is 2. The van der Waals surface area contributed by atoms with E-state index in [9.17, 15) is 9.59 Å². The van der Waals surface area contributed by atoms with Gasteiger partial charge in [0.05, 0.1) is 17.2 Å². The fourth-order valence-corrected chi connectivity index (χ4v) is 4.22. The van der Waals surface area contributed by atoms with E-state index in [1.54, 1.807) is 13.0 Å². The number of pyridine rings is 1. The van der Waals surface area contributed by atoms with Crippen LogP contribution in [0.5, 0.6) is 0 Å². The molecule has 1 aliphatic heterocycles. The number of hydrogen-bond donors (Lipinski definition) is 0. The van der Waals surface area contributed by atoms with Crippen molar-refractivity contribution >= 4 is 41.1 Å². The monoisotopic (exact) mass is 439 g/mol. The highest BCUT2D eigenvalue weighted by atomic mass is 35.5. The minimum atomic E-state index is -0.936. The van der Waals surface area contributed by atoms with Crippen molar-refractivity contribution in [3.63, 3.8) is 0 Å². The zero-order valence-electron chi connectivity index (χ0n) is 15.8. The van der Waals surface area contributed by atoms with E-state index < -0.39 is 41.5 Å². The molecule has 0 saturated carbocycles. The molecule has 154 valence electrons. The first kappa shape index (κ1) is 22.8. The number of rotatable bonds is 6. The third kappa shape index (κ3) is 5.98. The maximum Gasteiger partial charge on any atom is 0.303 e. The fourth-order valence-electron chi connectivity index (χ4n) is 2.80. The van der Waals surface area contributed by atoms with Crippen LogP contribution in [0, 0.1) is 12.5 Å². The van der Waals surface area contributed by atoms with Crippen LogP contribution in [0.15, 0.2) is 22.3 Å². The Morgan fingerprint density at radius 1 is 1.45 bits per heavy atom. The van der Waals surface area contributed by atoms with Gasteiger partial charge in [-0.2, -0.15) is 0 Å². The molecule has 1 fully saturated rings. The fraction of sp³-hybridized carbons (Fsp3) is 0.529. The minimum absolute atomic E-state index is 0.0682. The lowest BCUT2D eigenvalue weighted by Crippen LogP contribution is -2.54. The van der Waals surface area contributed by atoms with E-state index in [4.69, 9.17) is 37.9 Å². The first-order valence-corrected chi connectivity index (χ1v) is 9.72. The van der Waals surface area contributed by atoms with Crippen LogP contribution in [-0.4, -0.2) is 47.2 Å². The highest BCUT2D eigenvalue weighted by molar-refractivity contribution is 8.00. The zero-order valence-corrected chi connectivity index (χ0v) is 17.4. The molecule has 0 bridgehead atoms. The van der Waals surface area contributed by atoms with E-state index >= 15 is 0 Å². The van der Waals surface area contributed by atoms with E-state index in [1.165, 1.54) is 20.0 Å². The Morgan fingerprint density at radius 3 is 2.76 bits per heavy atom. The van der Waals surface area contributed by atoms with Gasteiger partial charge in [-0.15, -0.1) is 16.7 Å². The van der Waals surface area contributed by atoms with Gasteiger partial charge in [0, 0.05) is 23.7 Å². The van der Waals surface area contributed by atoms with Crippen molar-refractivity contribution in [1.29, 1.82) is 0 Å². The summed E-state index contributed by atoms with van der Waals surface area (Å²) in [5, 5.41) is 4.11. The topological polar surface area (TPSA) is 128 Å². The van der Waals surface area contributed by atoms with Crippen molar-refractivity contribution in [3.8, 4) is 0 Å². The average molecular weight is 440 g/mol. The van der Waals surface area contributed by atoms with Crippen LogP contribution < -0.4 is 0 Å². The summed E-state index contributed by atoms with van der Waals surface area (Å²) in [6.07, 6.45) is -0.213. The Labute approximate surface area is 176 Å². The molecule has 10 nitrogen and oxygen atoms in total. The smallest absolute Gasteiger partial charge is 0.303 e. The van der Waals surface area contributed by atoms with Gasteiger partial charge < -0.3 is 19.1 Å². The quantitative estimate of drug-likeness (QED) is 0.216. The van der Waals surface area contributed by atoms with Crippen LogP contribution in [0.25, 0.3) is 15.3 Å². The molecule has 0 radical (unpaired) electrons. The van der Waals surface area contributed by atoms with E-state index in [2.05, 4.69) is 19.9 Å². The molecular weight excluding hydrogens is 422 g/mol. The lowest BCUT2D eigenvalue weighted by molar-refractivity contribution is -0.176. The molecule has 1 aliphatic rings. The van der Waals surface area contributed by atoms with E-state index in [0.717, 1.165) is 11.8 Å². The number of carbonyl (C=O) groups is 2. The molecule has 0 amide bonds. The first-order valence-electron chi connectivity index (χ1n) is 8.46. The number of hydrogen-bond acceptors (Lipinski definition) is 8. The SMILES string of the molecule is [C-]#[N+]c1ncc(Cl)cc1S[C@H]1OC(COC(C)=O)[C@H](C)C(N=[N+]=[N-])[C@@H]1OC(C)=O. The van der Waals surface area contributed by atoms with Gasteiger partial charge in [-0.1, -0.05) is 30.2 Å². The first-order chi connectivity index (χ1) is 13.8. The van der Waals surface area contributed by atoms with Crippen molar-refractivity contribution < 1.29 is 23.8 Å². The molecule has 0 N–H and O–H groups in total. The Balaban J connectivity index is 2.41. The third-order valence-corrected chi connectivity index (χ3v) is 5.50. The van der Waals surface area contributed by atoms with Crippen molar-refractivity contribution in [2.24, 2.45) is 11.0 Å². The van der Waals surface area contributed by atoms with Crippen molar-refractivity contribution in [2.75, 3.05) is 6.61 Å². The molecule has 0 spiro atoms. The summed E-state index contributed by atoms with van der Waals surface area (Å²) in [6, 6.07) is 0.766. The summed E-state index contributed by atoms with van der Waals surface area (Å²) in [4.78, 5) is 33.5. The average Bonchev–Trinajstić information content (AvgIpc) is 2.65. The van der Waals surface area contributed by atoms with Gasteiger partial charge in [-0.3, -0.25) is 9.59 Å². The molecule has 12 heteroatoms. The van der Waals surface area contributed by atoms with Gasteiger partial charge in [0.15, 0.2) is 0 Å². The lowest BCUT2D eigenvalue weighted by Gasteiger charge is -2.43. The largest absolute Gasteiger partial charge is 0.463 e. The van der Waals surface area contributed by atoms with Gasteiger partial charge in [0.1, 0.15) is 24.3 Å². The summed E-state index contributed by atoms with van der Waals surface area (Å²) in [5.41, 5.74) is 8.15. The number of aromatic nitrogens is 1. The minimum Gasteiger partial charge on any atom is -0.463 e. The second-order valence-electron chi connectivity index (χ2n) is 6.18. The van der Waals surface area contributed by atoms with E-state index in [1.807, 2.05) is 0 Å². The Hall–Kier alpha value is -2.51. The summed E-state index contributed by atoms with van der Waals surface area (Å²) in [6.45, 7) is 11.5. The molecule has 1 aromatic heterocycles. The lowest BCUT2D eigenvalue weighted by atomic mass is 9.89. The second kappa shape index (κ2) is 10.3. The van der Waals surface area contributed by atoms with Crippen LogP contribution in [0.3, 0.4) is 0 Å². The third-order valence-electron chi connectivity index (χ3n) is 4.13. The maximum atomic E-state index is 11.7. The summed E-state index contributed by atoms with van der Waals surface area (Å²) in [7, 11) is 0. The Kier molecular flexibility index (Phi) is 8.10. The molecular formula is C17H18ClN5O5S. The molecule has 2 rings (SSSR count). The summed E-state index contributed by atoms with van der Waals surface area (Å²) in [5.74, 6) is -1.38. The second-order valence-corrected chi connectivity index (χ2v) is 7.76. The highest BCUT2D eigenvalue weighted by Crippen LogP contribution is 2.41. The molecule has 0 aliphatic carbocycles. The maximum absolute atomic E-state index is 11.7. The van der Waals surface area contributed by atoms with Crippen molar-refractivity contribution in [3.05, 3.63) is 39.1 Å². The molecule has 2 heterocycles. The molecule has 29 heavy (non-hydrogen) atoms. The molecule has 2 unspecified atom stereocenters. The van der Waals surface area contributed by atoms with Gasteiger partial charge in [-0.25, -0.2) is 0 Å². The van der Waals surface area contributed by atoms with E-state index in [-0.39, 0.29) is 12.4 Å². The molecule has 1 aromatic rings. The number of nitrogens with zero attached hydrogens (tertiary/aromatic N) is 5. The normalized spacial score (nSPS) is 26.0. The van der Waals surface area contributed by atoms with Crippen LogP contribution in [0.4, 0.5) is 5.82 Å². The summed E-state index contributed by atoms with van der Waals surface area (Å²) < 4.78 is 16.5. The predicted molar refractivity (Wildman–Crippen MR) is 104 cm³/mol. The van der Waals surface area contributed by atoms with Gasteiger partial charge in [0.25, 0.3) is 5.82 Å². The van der Waals surface area contributed by atoms with Crippen LogP contribution in [0.2, 0.25) is 5.02 Å². The van der Waals surface area contributed by atoms with Gasteiger partial charge >= 0.3 is 11.9 Å². The molecule has 0 aromatic carbocycles. The van der Waals surface area contributed by atoms with Crippen LogP contribution in [-0.2, 0) is 23.8 Å². The summed E-state index contributed by atoms with van der Waals surface area (Å²) >= 11 is 7.06. The Morgan fingerprint density at radius 2 is 2.17 bits per heavy atom. The molecule has 1 saturated heterocycles. The number of thioether (sulfide) groups is 1. The zero-order chi connectivity index (χ0) is 21.6. The highest BCUT2D eigenvalue weighted by Gasteiger charge is 2.46. The van der Waals surface area contributed by atoms with Gasteiger partial charge in [-0.05, 0) is 17.5 Å². The van der Waals surface area contributed by atoms with Crippen molar-refractivity contribution in [2.45, 2.75) is 49.4 Å². The van der Waals surface area contributed by atoms with Crippen LogP contribution >= 0.6 is 23.4 Å². The number of carbonyl (C=O) groups excluding carboxylic acids is 2. The van der Waals surface area contributed by atoms with Crippen molar-refractivity contribution in [1.82, 2.24) is 4.98 Å². The number of azide groups is 1. The molecule has 5 atom stereocenters. The number of halogens is 1. The van der Waals surface area contributed by atoms with Gasteiger partial charge in [0.2, 0.25) is 0 Å². The Bertz CT molecular complexity index is 872. The standard InChI is InChI=1S/C17H18ClN5O5S/c1-8-12(7-26-9(2)24)28-17(15(27-10(3)25)14(8)22-23-19)29-13-5-11(18)6-21-16(13)20-4/h5-6,8,12,14-15,17H,7H2,1-3H3/t8-,12?,14?,15-,17+/m0/s1. The number of ether oxygens (including phenoxy) is 3. The van der Waals surface area contributed by atoms with E-state index in [0.29, 0.717) is 9.92 Å².